The molecular weight excluding hydrogens is 390 g/mol. The molecule has 2 aromatic rings. The molecule has 0 spiro atoms. The van der Waals surface area contributed by atoms with Crippen LogP contribution < -0.4 is 16.0 Å². The first-order chi connectivity index (χ1) is 14.4. The van der Waals surface area contributed by atoms with Crippen molar-refractivity contribution in [1.82, 2.24) is 10.6 Å². The second-order valence-electron chi connectivity index (χ2n) is 9.85. The Balaban J connectivity index is 2.07. The van der Waals surface area contributed by atoms with Crippen molar-refractivity contribution >= 4 is 17.5 Å². The lowest BCUT2D eigenvalue weighted by Crippen LogP contribution is -2.41. The molecule has 0 saturated carbocycles. The minimum Gasteiger partial charge on any atom is -0.391 e. The molecule has 0 saturated heterocycles. The highest BCUT2D eigenvalue weighted by Crippen LogP contribution is 2.18. The summed E-state index contributed by atoms with van der Waals surface area (Å²) >= 11 is 0. The zero-order valence-electron chi connectivity index (χ0n) is 19.4. The minimum atomic E-state index is -0.734. The Morgan fingerprint density at radius 2 is 1.29 bits per heavy atom. The van der Waals surface area contributed by atoms with E-state index in [-0.39, 0.29) is 29.4 Å². The number of rotatable bonds is 7. The lowest BCUT2D eigenvalue weighted by molar-refractivity contribution is 0.0909. The first-order valence-corrected chi connectivity index (χ1v) is 10.6. The van der Waals surface area contributed by atoms with Crippen LogP contribution in [0.3, 0.4) is 0 Å². The molecule has 0 radical (unpaired) electrons. The number of para-hydroxylation sites is 1. The van der Waals surface area contributed by atoms with Gasteiger partial charge in [-0.15, -0.1) is 0 Å². The smallest absolute Gasteiger partial charge is 0.253 e. The number of hydrogen-bond acceptors (Lipinski definition) is 4. The van der Waals surface area contributed by atoms with E-state index in [1.807, 2.05) is 77.9 Å². The molecule has 0 aliphatic heterocycles. The van der Waals surface area contributed by atoms with E-state index in [0.717, 1.165) is 5.56 Å². The zero-order valence-corrected chi connectivity index (χ0v) is 19.4. The van der Waals surface area contributed by atoms with Crippen molar-refractivity contribution < 1.29 is 14.7 Å². The van der Waals surface area contributed by atoms with Gasteiger partial charge in [-0.3, -0.25) is 9.59 Å². The fraction of sp³-hybridized carbons (Fsp3) is 0.440. The van der Waals surface area contributed by atoms with E-state index in [4.69, 9.17) is 0 Å². The molecule has 0 aromatic heterocycles. The third-order valence-corrected chi connectivity index (χ3v) is 4.39. The van der Waals surface area contributed by atoms with Gasteiger partial charge in [0.2, 0.25) is 0 Å². The van der Waals surface area contributed by atoms with Crippen LogP contribution in [0.2, 0.25) is 0 Å². The number of carbonyl (C=O) groups is 2. The van der Waals surface area contributed by atoms with E-state index in [9.17, 15) is 14.7 Å². The van der Waals surface area contributed by atoms with Crippen molar-refractivity contribution in [3.8, 4) is 0 Å². The van der Waals surface area contributed by atoms with Crippen molar-refractivity contribution in [1.29, 1.82) is 0 Å². The quantitative estimate of drug-likeness (QED) is 0.544. The van der Waals surface area contributed by atoms with Crippen LogP contribution in [0.4, 0.5) is 5.69 Å². The average molecular weight is 426 g/mol. The zero-order chi connectivity index (χ0) is 23.2. The van der Waals surface area contributed by atoms with Crippen molar-refractivity contribution in [2.24, 2.45) is 0 Å². The highest BCUT2D eigenvalue weighted by atomic mass is 16.3. The molecule has 1 atom stereocenters. The predicted octanol–water partition coefficient (Wildman–Crippen LogP) is 3.76. The van der Waals surface area contributed by atoms with Crippen molar-refractivity contribution in [3.63, 3.8) is 0 Å². The molecule has 0 heterocycles. The summed E-state index contributed by atoms with van der Waals surface area (Å²) in [6.45, 7) is 11.8. The molecule has 6 nitrogen and oxygen atoms in total. The van der Waals surface area contributed by atoms with Crippen molar-refractivity contribution in [3.05, 3.63) is 65.2 Å². The largest absolute Gasteiger partial charge is 0.391 e. The first-order valence-electron chi connectivity index (χ1n) is 10.6. The summed E-state index contributed by atoms with van der Waals surface area (Å²) < 4.78 is 0. The molecule has 168 valence electrons. The Morgan fingerprint density at radius 1 is 0.806 bits per heavy atom. The molecular formula is C25H35N3O3. The monoisotopic (exact) mass is 425 g/mol. The molecule has 2 rings (SSSR count). The van der Waals surface area contributed by atoms with Gasteiger partial charge in [-0.05, 0) is 65.3 Å². The minimum absolute atomic E-state index is 0.160. The Morgan fingerprint density at radius 3 is 1.87 bits per heavy atom. The van der Waals surface area contributed by atoms with Gasteiger partial charge in [0, 0.05) is 35.3 Å². The van der Waals surface area contributed by atoms with Gasteiger partial charge >= 0.3 is 0 Å². The molecule has 0 unspecified atom stereocenters. The molecule has 2 aromatic carbocycles. The van der Waals surface area contributed by atoms with Crippen molar-refractivity contribution in [2.75, 3.05) is 11.9 Å². The van der Waals surface area contributed by atoms with E-state index < -0.39 is 6.10 Å². The number of anilines is 1. The maximum atomic E-state index is 12.6. The number of aliphatic hydroxyl groups is 1. The third kappa shape index (κ3) is 8.06. The molecule has 0 fully saturated rings. The van der Waals surface area contributed by atoms with Gasteiger partial charge in [0.25, 0.3) is 11.8 Å². The van der Waals surface area contributed by atoms with Gasteiger partial charge < -0.3 is 21.1 Å². The number of amides is 2. The molecule has 31 heavy (non-hydrogen) atoms. The number of hydrogen-bond donors (Lipinski definition) is 4. The lowest BCUT2D eigenvalue weighted by Gasteiger charge is -2.23. The predicted molar refractivity (Wildman–Crippen MR) is 126 cm³/mol. The second-order valence-corrected chi connectivity index (χ2v) is 9.85. The van der Waals surface area contributed by atoms with E-state index in [1.54, 1.807) is 12.1 Å². The summed E-state index contributed by atoms with van der Waals surface area (Å²) in [7, 11) is 0. The van der Waals surface area contributed by atoms with Gasteiger partial charge in [-0.2, -0.15) is 0 Å². The van der Waals surface area contributed by atoms with Gasteiger partial charge in [-0.1, -0.05) is 30.3 Å². The van der Waals surface area contributed by atoms with Crippen LogP contribution in [-0.4, -0.2) is 40.6 Å². The fourth-order valence-electron chi connectivity index (χ4n) is 3.12. The van der Waals surface area contributed by atoms with Crippen LogP contribution >= 0.6 is 0 Å². The first kappa shape index (κ1) is 24.4. The molecule has 4 N–H and O–H groups in total. The molecule has 2 amide bonds. The Kier molecular flexibility index (Phi) is 7.85. The number of aliphatic hydroxyl groups excluding tert-OH is 1. The Hall–Kier alpha value is -2.86. The van der Waals surface area contributed by atoms with Crippen LogP contribution in [-0.2, 0) is 6.42 Å². The van der Waals surface area contributed by atoms with Crippen LogP contribution in [0, 0.1) is 0 Å². The van der Waals surface area contributed by atoms with E-state index in [1.165, 1.54) is 0 Å². The maximum absolute atomic E-state index is 12.6. The highest BCUT2D eigenvalue weighted by molar-refractivity contribution is 6.00. The van der Waals surface area contributed by atoms with E-state index in [2.05, 4.69) is 16.0 Å². The normalized spacial score (nSPS) is 12.7. The summed E-state index contributed by atoms with van der Waals surface area (Å²) in [4.78, 5) is 25.2. The number of benzene rings is 2. The SMILES string of the molecule is CC(C)(C)NC(=O)c1ccccc1C[C@@H](O)CNc1ccccc1C(=O)NC(C)(C)C. The average Bonchev–Trinajstić information content (AvgIpc) is 2.64. The lowest BCUT2D eigenvalue weighted by atomic mass is 9.99. The Bertz CT molecular complexity index is 911. The van der Waals surface area contributed by atoms with Gasteiger partial charge in [0.05, 0.1) is 11.7 Å². The van der Waals surface area contributed by atoms with Crippen LogP contribution in [0.1, 0.15) is 67.8 Å². The van der Waals surface area contributed by atoms with E-state index >= 15 is 0 Å². The second kappa shape index (κ2) is 9.96. The van der Waals surface area contributed by atoms with Gasteiger partial charge in [0.15, 0.2) is 0 Å². The number of carbonyl (C=O) groups excluding carboxylic acids is 2. The summed E-state index contributed by atoms with van der Waals surface area (Å²) in [5, 5.41) is 19.7. The fourth-order valence-corrected chi connectivity index (χ4v) is 3.12. The maximum Gasteiger partial charge on any atom is 0.253 e. The van der Waals surface area contributed by atoms with E-state index in [0.29, 0.717) is 23.2 Å². The summed E-state index contributed by atoms with van der Waals surface area (Å²) in [5.41, 5.74) is 1.82. The third-order valence-electron chi connectivity index (χ3n) is 4.39. The molecule has 0 aliphatic carbocycles. The number of nitrogens with one attached hydrogen (secondary N) is 3. The van der Waals surface area contributed by atoms with Crippen LogP contribution in [0.25, 0.3) is 0 Å². The molecule has 6 heteroatoms. The summed E-state index contributed by atoms with van der Waals surface area (Å²) in [6, 6.07) is 14.5. The standard InChI is InChI=1S/C25H35N3O3/c1-24(2,3)27-22(30)19-12-8-7-11-17(19)15-18(29)16-26-21-14-10-9-13-20(21)23(31)28-25(4,5)6/h7-14,18,26,29H,15-16H2,1-6H3,(H,27,30)(H,28,31)/t18-/m1/s1. The highest BCUT2D eigenvalue weighted by Gasteiger charge is 2.20. The molecule has 0 aliphatic rings. The van der Waals surface area contributed by atoms with Crippen LogP contribution in [0.15, 0.2) is 48.5 Å². The summed E-state index contributed by atoms with van der Waals surface area (Å²) in [6.07, 6.45) is -0.417. The molecule has 0 bridgehead atoms. The Labute approximate surface area is 185 Å². The van der Waals surface area contributed by atoms with Gasteiger partial charge in [-0.25, -0.2) is 0 Å². The van der Waals surface area contributed by atoms with Crippen LogP contribution in [0.5, 0.6) is 0 Å². The van der Waals surface area contributed by atoms with Gasteiger partial charge in [0.1, 0.15) is 0 Å². The van der Waals surface area contributed by atoms with Crippen molar-refractivity contribution in [2.45, 2.75) is 65.1 Å². The topological polar surface area (TPSA) is 90.5 Å². The summed E-state index contributed by atoms with van der Waals surface area (Å²) in [5.74, 6) is -0.332.